The van der Waals surface area contributed by atoms with E-state index in [1.165, 1.54) is 0 Å². The smallest absolute Gasteiger partial charge is 0.294 e. The Balaban J connectivity index is 2.82. The zero-order chi connectivity index (χ0) is 17.3. The van der Waals surface area contributed by atoms with Crippen LogP contribution < -0.4 is 0 Å². The molecule has 0 amide bonds. The number of hydrogen-bond acceptors (Lipinski definition) is 7. The second kappa shape index (κ2) is 9.49. The summed E-state index contributed by atoms with van der Waals surface area (Å²) in [6.07, 6.45) is 5.42. The summed E-state index contributed by atoms with van der Waals surface area (Å²) < 4.78 is 6.00. The lowest BCUT2D eigenvalue weighted by molar-refractivity contribution is -0.762. The van der Waals surface area contributed by atoms with E-state index in [4.69, 9.17) is 4.74 Å². The molecule has 0 saturated carbocycles. The van der Waals surface area contributed by atoms with Gasteiger partial charge in [-0.1, -0.05) is 39.5 Å². The number of rotatable bonds is 12. The summed E-state index contributed by atoms with van der Waals surface area (Å²) in [5.41, 5.74) is -0.761. The highest BCUT2D eigenvalue weighted by molar-refractivity contribution is 4.96. The maximum absolute atomic E-state index is 10.6. The molecule has 3 unspecified atom stereocenters. The Bertz CT molecular complexity index is 393. The SMILES string of the molecule is CCCCC1CC(CO[N+](=O)[O-])OC1(CCCC)CO[N+](=O)[O-]. The highest BCUT2D eigenvalue weighted by Gasteiger charge is 2.48. The second-order valence-electron chi connectivity index (χ2n) is 6.00. The van der Waals surface area contributed by atoms with Crippen molar-refractivity contribution in [2.45, 2.75) is 70.5 Å². The lowest BCUT2D eigenvalue weighted by Gasteiger charge is -2.34. The van der Waals surface area contributed by atoms with E-state index >= 15 is 0 Å². The summed E-state index contributed by atoms with van der Waals surface area (Å²) in [7, 11) is 0. The van der Waals surface area contributed by atoms with Gasteiger partial charge in [0.15, 0.2) is 0 Å². The van der Waals surface area contributed by atoms with E-state index in [1.54, 1.807) is 0 Å². The van der Waals surface area contributed by atoms with Crippen molar-refractivity contribution in [3.63, 3.8) is 0 Å². The van der Waals surface area contributed by atoms with Gasteiger partial charge in [-0.05, 0) is 25.2 Å². The highest BCUT2D eigenvalue weighted by Crippen LogP contribution is 2.43. The fourth-order valence-corrected chi connectivity index (χ4v) is 3.21. The van der Waals surface area contributed by atoms with Crippen LogP contribution in [0.1, 0.15) is 58.8 Å². The van der Waals surface area contributed by atoms with Crippen LogP contribution in [0.4, 0.5) is 0 Å². The van der Waals surface area contributed by atoms with Crippen LogP contribution in [-0.4, -0.2) is 35.1 Å². The van der Waals surface area contributed by atoms with Gasteiger partial charge in [-0.3, -0.25) is 0 Å². The van der Waals surface area contributed by atoms with Crippen molar-refractivity contribution in [1.29, 1.82) is 0 Å². The second-order valence-corrected chi connectivity index (χ2v) is 6.00. The van der Waals surface area contributed by atoms with Gasteiger partial charge < -0.3 is 14.4 Å². The van der Waals surface area contributed by atoms with E-state index in [1.807, 2.05) is 6.92 Å². The Morgan fingerprint density at radius 3 is 2.35 bits per heavy atom. The van der Waals surface area contributed by atoms with Crippen LogP contribution in [0.3, 0.4) is 0 Å². The standard InChI is InChI=1S/C14H26N2O7/c1-3-5-7-12-9-13(10-21-15(17)18)23-14(12,8-6-4-2)11-22-16(19)20/h12-13H,3-11H2,1-2H3. The van der Waals surface area contributed by atoms with Gasteiger partial charge in [-0.15, -0.1) is 20.2 Å². The summed E-state index contributed by atoms with van der Waals surface area (Å²) >= 11 is 0. The van der Waals surface area contributed by atoms with E-state index in [9.17, 15) is 20.2 Å². The predicted molar refractivity (Wildman–Crippen MR) is 80.7 cm³/mol. The van der Waals surface area contributed by atoms with Crippen molar-refractivity contribution >= 4 is 0 Å². The Morgan fingerprint density at radius 1 is 1.13 bits per heavy atom. The fraction of sp³-hybridized carbons (Fsp3) is 1.00. The molecule has 9 nitrogen and oxygen atoms in total. The quantitative estimate of drug-likeness (QED) is 0.398. The Hall–Kier alpha value is -1.64. The van der Waals surface area contributed by atoms with E-state index in [0.29, 0.717) is 12.8 Å². The molecule has 134 valence electrons. The van der Waals surface area contributed by atoms with Crippen molar-refractivity contribution in [2.24, 2.45) is 5.92 Å². The monoisotopic (exact) mass is 334 g/mol. The molecule has 1 saturated heterocycles. The molecule has 3 atom stereocenters. The van der Waals surface area contributed by atoms with Crippen LogP contribution >= 0.6 is 0 Å². The Kier molecular flexibility index (Phi) is 8.01. The third kappa shape index (κ3) is 6.17. The van der Waals surface area contributed by atoms with Crippen LogP contribution in [0.5, 0.6) is 0 Å². The lowest BCUT2D eigenvalue weighted by atomic mass is 9.80. The van der Waals surface area contributed by atoms with Crippen LogP contribution in [0.25, 0.3) is 0 Å². The zero-order valence-corrected chi connectivity index (χ0v) is 13.8. The maximum atomic E-state index is 10.6. The third-order valence-corrected chi connectivity index (χ3v) is 4.33. The molecule has 0 aromatic rings. The molecule has 0 bridgehead atoms. The molecule has 0 spiro atoms. The van der Waals surface area contributed by atoms with Gasteiger partial charge in [-0.2, -0.15) is 0 Å². The van der Waals surface area contributed by atoms with Gasteiger partial charge >= 0.3 is 0 Å². The molecule has 1 aliphatic heterocycles. The topological polar surface area (TPSA) is 114 Å². The van der Waals surface area contributed by atoms with Gasteiger partial charge in [-0.25, -0.2) is 0 Å². The number of unbranched alkanes of at least 4 members (excludes halogenated alkanes) is 2. The predicted octanol–water partition coefficient (Wildman–Crippen LogP) is 2.93. The molecule has 0 radical (unpaired) electrons. The summed E-state index contributed by atoms with van der Waals surface area (Å²) in [5.74, 6) is 0.0781. The summed E-state index contributed by atoms with van der Waals surface area (Å²) in [5, 5.41) is 19.3. The minimum atomic E-state index is -0.843. The molecule has 0 aromatic carbocycles. The molecule has 0 aliphatic carbocycles. The van der Waals surface area contributed by atoms with Crippen LogP contribution in [-0.2, 0) is 14.4 Å². The van der Waals surface area contributed by atoms with Crippen LogP contribution in [0.2, 0.25) is 0 Å². The van der Waals surface area contributed by atoms with Crippen molar-refractivity contribution in [3.05, 3.63) is 20.2 Å². The molecule has 0 N–H and O–H groups in total. The normalized spacial score (nSPS) is 26.9. The molecule has 1 aliphatic rings. The molecule has 1 heterocycles. The Morgan fingerprint density at radius 2 is 1.78 bits per heavy atom. The van der Waals surface area contributed by atoms with Gasteiger partial charge in [0.2, 0.25) is 0 Å². The fourth-order valence-electron chi connectivity index (χ4n) is 3.21. The minimum absolute atomic E-state index is 0.0781. The summed E-state index contributed by atoms with van der Waals surface area (Å²) in [4.78, 5) is 30.0. The zero-order valence-electron chi connectivity index (χ0n) is 13.8. The van der Waals surface area contributed by atoms with Crippen LogP contribution in [0.15, 0.2) is 0 Å². The van der Waals surface area contributed by atoms with Gasteiger partial charge in [0.25, 0.3) is 10.2 Å². The third-order valence-electron chi connectivity index (χ3n) is 4.33. The van der Waals surface area contributed by atoms with E-state index < -0.39 is 21.9 Å². The molecule has 0 aromatic heterocycles. The first-order valence-corrected chi connectivity index (χ1v) is 8.16. The van der Waals surface area contributed by atoms with Crippen LogP contribution in [0, 0.1) is 26.1 Å². The van der Waals surface area contributed by atoms with E-state index in [-0.39, 0.29) is 19.1 Å². The molecule has 1 rings (SSSR count). The van der Waals surface area contributed by atoms with Crippen molar-refractivity contribution in [3.8, 4) is 0 Å². The van der Waals surface area contributed by atoms with Gasteiger partial charge in [0.05, 0.1) is 11.7 Å². The Labute approximate surface area is 135 Å². The number of hydrogen-bond donors (Lipinski definition) is 0. The lowest BCUT2D eigenvalue weighted by Crippen LogP contribution is -2.42. The molecule has 23 heavy (non-hydrogen) atoms. The maximum Gasteiger partial charge on any atom is 0.294 e. The van der Waals surface area contributed by atoms with Crippen molar-refractivity contribution in [2.75, 3.05) is 13.2 Å². The molecular formula is C14H26N2O7. The van der Waals surface area contributed by atoms with Crippen molar-refractivity contribution in [1.82, 2.24) is 0 Å². The number of ether oxygens (including phenoxy) is 1. The molecule has 9 heteroatoms. The highest BCUT2D eigenvalue weighted by atomic mass is 17.0. The van der Waals surface area contributed by atoms with Gasteiger partial charge in [0, 0.05) is 0 Å². The minimum Gasteiger partial charge on any atom is -0.367 e. The molecule has 1 fully saturated rings. The van der Waals surface area contributed by atoms with Gasteiger partial charge in [0.1, 0.15) is 13.2 Å². The van der Waals surface area contributed by atoms with E-state index in [0.717, 1.165) is 32.1 Å². The first kappa shape index (κ1) is 19.4. The summed E-state index contributed by atoms with van der Waals surface area (Å²) in [6, 6.07) is 0. The van der Waals surface area contributed by atoms with Crippen molar-refractivity contribution < 1.29 is 24.6 Å². The first-order chi connectivity index (χ1) is 10.9. The van der Waals surface area contributed by atoms with E-state index in [2.05, 4.69) is 16.6 Å². The average molecular weight is 334 g/mol. The largest absolute Gasteiger partial charge is 0.367 e. The number of nitrogens with zero attached hydrogens (tertiary/aromatic N) is 2. The first-order valence-electron chi connectivity index (χ1n) is 8.16. The average Bonchev–Trinajstić information content (AvgIpc) is 2.85. The molecular weight excluding hydrogens is 308 g/mol. The summed E-state index contributed by atoms with van der Waals surface area (Å²) in [6.45, 7) is 3.82.